The molecule has 0 unspecified atom stereocenters. The van der Waals surface area contributed by atoms with E-state index in [2.05, 4.69) is 9.72 Å². The van der Waals surface area contributed by atoms with Crippen LogP contribution in [-0.4, -0.2) is 46.4 Å². The Bertz CT molecular complexity index is 721. The van der Waals surface area contributed by atoms with E-state index in [1.54, 1.807) is 20.8 Å². The molecule has 0 atom stereocenters. The summed E-state index contributed by atoms with van der Waals surface area (Å²) in [6.07, 6.45) is -0.111. The maximum atomic E-state index is 12.8. The fourth-order valence-electron chi connectivity index (χ4n) is 2.67. The molecule has 2 rings (SSSR count). The van der Waals surface area contributed by atoms with Crippen molar-refractivity contribution < 1.29 is 32.7 Å². The van der Waals surface area contributed by atoms with Gasteiger partial charge in [0.1, 0.15) is 6.09 Å². The number of aromatic nitrogens is 1. The van der Waals surface area contributed by atoms with Crippen molar-refractivity contribution in [1.82, 2.24) is 9.88 Å². The molecule has 0 N–H and O–H groups in total. The summed E-state index contributed by atoms with van der Waals surface area (Å²) in [5, 5.41) is 11.6. The fraction of sp³-hybridized carbons (Fsp3) is 0.667. The molecule has 1 saturated heterocycles. The summed E-state index contributed by atoms with van der Waals surface area (Å²) >= 11 is 0. The number of carbonyl (C=O) groups excluding carboxylic acids is 1. The average Bonchev–Trinajstić information content (AvgIpc) is 2.72. The van der Waals surface area contributed by atoms with Gasteiger partial charge in [-0.25, -0.2) is 4.98 Å². The zero-order chi connectivity index (χ0) is 21.5. The van der Waals surface area contributed by atoms with Crippen molar-refractivity contribution in [3.05, 3.63) is 17.8 Å². The third-order valence-corrected chi connectivity index (χ3v) is 5.03. The van der Waals surface area contributed by atoms with Crippen molar-refractivity contribution in [2.75, 3.05) is 0 Å². The van der Waals surface area contributed by atoms with E-state index in [4.69, 9.17) is 9.31 Å². The molecule has 1 aliphatic heterocycles. The lowest BCUT2D eigenvalue weighted by atomic mass is 9.79. The molecule has 0 bridgehead atoms. The van der Waals surface area contributed by atoms with E-state index in [0.717, 1.165) is 4.90 Å². The Hall–Kier alpha value is -1.94. The average molecular weight is 399 g/mol. The highest BCUT2D eigenvalue weighted by Gasteiger charge is 2.52. The molecule has 0 saturated carbocycles. The zero-order valence-corrected chi connectivity index (χ0v) is 17.2. The van der Waals surface area contributed by atoms with Gasteiger partial charge in [0.25, 0.3) is 0 Å². The van der Waals surface area contributed by atoms with Crippen LogP contribution in [0.3, 0.4) is 0 Å². The van der Waals surface area contributed by atoms with Crippen LogP contribution in [0.25, 0.3) is 0 Å². The van der Waals surface area contributed by atoms with E-state index in [1.807, 2.05) is 27.7 Å². The molecule has 1 aromatic rings. The third-order valence-electron chi connectivity index (χ3n) is 5.03. The minimum Gasteiger partial charge on any atom is -0.530 e. The molecular formula is C18H26BF2N2O5-. The lowest BCUT2D eigenvalue weighted by molar-refractivity contribution is -0.271. The van der Waals surface area contributed by atoms with Crippen molar-refractivity contribution in [2.24, 2.45) is 0 Å². The number of amides is 1. The SMILES string of the molecule is CC(C)(C)N(Cc1cc(B2OC(C)(C)C(C)(C)O2)cnc1OC(F)F)C(=O)[O-]. The van der Waals surface area contributed by atoms with Gasteiger partial charge in [0, 0.05) is 29.3 Å². The molecule has 0 aliphatic carbocycles. The molecule has 0 aromatic carbocycles. The Morgan fingerprint density at radius 1 is 1.29 bits per heavy atom. The first kappa shape index (κ1) is 22.4. The Labute approximate surface area is 164 Å². The van der Waals surface area contributed by atoms with Crippen LogP contribution in [0.5, 0.6) is 5.88 Å². The molecule has 10 heteroatoms. The summed E-state index contributed by atoms with van der Waals surface area (Å²) < 4.78 is 41.9. The molecule has 0 radical (unpaired) electrons. The zero-order valence-electron chi connectivity index (χ0n) is 17.2. The van der Waals surface area contributed by atoms with E-state index < -0.39 is 36.6 Å². The summed E-state index contributed by atoms with van der Waals surface area (Å²) in [7, 11) is -0.775. The van der Waals surface area contributed by atoms with Gasteiger partial charge in [0.05, 0.1) is 11.2 Å². The van der Waals surface area contributed by atoms with E-state index in [1.165, 1.54) is 12.3 Å². The first-order chi connectivity index (χ1) is 12.6. The molecule has 1 fully saturated rings. The van der Waals surface area contributed by atoms with Crippen LogP contribution in [0, 0.1) is 0 Å². The van der Waals surface area contributed by atoms with Gasteiger partial charge in [0.15, 0.2) is 0 Å². The summed E-state index contributed by atoms with van der Waals surface area (Å²) in [4.78, 5) is 16.5. The highest BCUT2D eigenvalue weighted by molar-refractivity contribution is 6.62. The normalized spacial score (nSPS) is 18.4. The van der Waals surface area contributed by atoms with Crippen molar-refractivity contribution in [1.29, 1.82) is 0 Å². The van der Waals surface area contributed by atoms with Gasteiger partial charge in [0.2, 0.25) is 5.88 Å². The second-order valence-corrected chi connectivity index (χ2v) is 8.72. The van der Waals surface area contributed by atoms with E-state index in [-0.39, 0.29) is 18.0 Å². The van der Waals surface area contributed by atoms with Gasteiger partial charge in [-0.1, -0.05) is 6.07 Å². The number of carbonyl (C=O) groups is 1. The van der Waals surface area contributed by atoms with Crippen LogP contribution in [0.4, 0.5) is 13.6 Å². The van der Waals surface area contributed by atoms with Gasteiger partial charge in [-0.2, -0.15) is 8.78 Å². The van der Waals surface area contributed by atoms with Crippen LogP contribution in [-0.2, 0) is 15.9 Å². The first-order valence-corrected chi connectivity index (χ1v) is 8.92. The van der Waals surface area contributed by atoms with E-state index >= 15 is 0 Å². The first-order valence-electron chi connectivity index (χ1n) is 8.92. The highest BCUT2D eigenvalue weighted by atomic mass is 19.3. The predicted molar refractivity (Wildman–Crippen MR) is 97.3 cm³/mol. The van der Waals surface area contributed by atoms with Crippen LogP contribution < -0.4 is 15.3 Å². The summed E-state index contributed by atoms with van der Waals surface area (Å²) in [6, 6.07) is 1.51. The lowest BCUT2D eigenvalue weighted by Gasteiger charge is -2.38. The second kappa shape index (κ2) is 7.48. The van der Waals surface area contributed by atoms with Gasteiger partial charge in [-0.05, 0) is 48.5 Å². The number of hydrogen-bond donors (Lipinski definition) is 0. The molecule has 28 heavy (non-hydrogen) atoms. The van der Waals surface area contributed by atoms with Gasteiger partial charge in [-0.15, -0.1) is 0 Å². The van der Waals surface area contributed by atoms with Gasteiger partial charge in [-0.3, -0.25) is 0 Å². The number of ether oxygens (including phenoxy) is 1. The number of halogens is 2. The summed E-state index contributed by atoms with van der Waals surface area (Å²) in [5.41, 5.74) is -1.38. The molecular weight excluding hydrogens is 373 g/mol. The minimum atomic E-state index is -3.10. The number of nitrogens with zero attached hydrogens (tertiary/aromatic N) is 2. The lowest BCUT2D eigenvalue weighted by Crippen LogP contribution is -2.51. The predicted octanol–water partition coefficient (Wildman–Crippen LogP) is 1.93. The monoisotopic (exact) mass is 399 g/mol. The smallest absolute Gasteiger partial charge is 0.496 e. The van der Waals surface area contributed by atoms with Crippen LogP contribution >= 0.6 is 0 Å². The van der Waals surface area contributed by atoms with Gasteiger partial charge >= 0.3 is 13.7 Å². The number of rotatable bonds is 5. The molecule has 7 nitrogen and oxygen atoms in total. The molecule has 0 spiro atoms. The van der Waals surface area contributed by atoms with Crippen molar-refractivity contribution in [2.45, 2.75) is 78.4 Å². The number of alkyl halides is 2. The maximum Gasteiger partial charge on any atom is 0.496 e. The quantitative estimate of drug-likeness (QED) is 0.704. The third kappa shape index (κ3) is 4.72. The Kier molecular flexibility index (Phi) is 5.97. The van der Waals surface area contributed by atoms with Crippen molar-refractivity contribution in [3.63, 3.8) is 0 Å². The highest BCUT2D eigenvalue weighted by Crippen LogP contribution is 2.36. The second-order valence-electron chi connectivity index (χ2n) is 8.72. The van der Waals surface area contributed by atoms with E-state index in [0.29, 0.717) is 5.46 Å². The van der Waals surface area contributed by atoms with Crippen molar-refractivity contribution >= 4 is 18.7 Å². The Balaban J connectivity index is 2.42. The molecule has 1 aliphatic rings. The minimum absolute atomic E-state index is 0.159. The molecule has 156 valence electrons. The summed E-state index contributed by atoms with van der Waals surface area (Å²) in [6.45, 7) is 9.19. The largest absolute Gasteiger partial charge is 0.530 e. The van der Waals surface area contributed by atoms with E-state index in [9.17, 15) is 18.7 Å². The number of pyridine rings is 1. The van der Waals surface area contributed by atoms with Gasteiger partial charge < -0.3 is 28.8 Å². The molecule has 2 heterocycles. The number of hydrogen-bond acceptors (Lipinski definition) is 6. The number of carboxylic acid groups (broad SMARTS) is 1. The maximum absolute atomic E-state index is 12.8. The Morgan fingerprint density at radius 3 is 2.25 bits per heavy atom. The summed E-state index contributed by atoms with van der Waals surface area (Å²) in [5.74, 6) is -0.356. The Morgan fingerprint density at radius 2 is 1.82 bits per heavy atom. The molecule has 1 amide bonds. The van der Waals surface area contributed by atoms with Crippen molar-refractivity contribution in [3.8, 4) is 5.88 Å². The van der Waals surface area contributed by atoms with Crippen LogP contribution in [0.1, 0.15) is 54.0 Å². The van der Waals surface area contributed by atoms with Crippen LogP contribution in [0.15, 0.2) is 12.3 Å². The molecule has 1 aromatic heterocycles. The van der Waals surface area contributed by atoms with Crippen LogP contribution in [0.2, 0.25) is 0 Å². The standard InChI is InChI=1S/C18H27BF2N2O5/c1-16(2,3)23(15(24)25)10-11-8-12(9-22-13(11)26-14(20)21)19-27-17(4,5)18(6,7)28-19/h8-9,14H,10H2,1-7H3,(H,24,25)/p-1. The fourth-order valence-corrected chi connectivity index (χ4v) is 2.67. The topological polar surface area (TPSA) is 84.0 Å².